The van der Waals surface area contributed by atoms with E-state index >= 15 is 0 Å². The zero-order chi connectivity index (χ0) is 28.0. The molecule has 0 atom stereocenters. The summed E-state index contributed by atoms with van der Waals surface area (Å²) < 4.78 is 23.6. The Morgan fingerprint density at radius 2 is 1.46 bits per heavy atom. The van der Waals surface area contributed by atoms with E-state index in [9.17, 15) is 4.39 Å². The normalized spacial score (nSPS) is 14.8. The Morgan fingerprint density at radius 1 is 0.732 bits per heavy atom. The summed E-state index contributed by atoms with van der Waals surface area (Å²) in [7, 11) is 0. The van der Waals surface area contributed by atoms with Gasteiger partial charge in [-0.15, -0.1) is 0 Å². The molecule has 0 radical (unpaired) electrons. The summed E-state index contributed by atoms with van der Waals surface area (Å²) >= 11 is 3.48. The molecule has 5 aromatic rings. The standard InChI is InChI=1S/C34H34BrFN4O/c35-29-13-16-31(36)28(21-29)23-38-17-6-18-39(20-19-38)24-34-37-32-9-4-5-10-33(32)40(34)22-26-11-14-30(15-12-26)41-25-27-7-2-1-3-8-27/h1-5,7-16,21H,6,17-20,22-25H2. The fourth-order valence-electron chi connectivity index (χ4n) is 5.48. The lowest BCUT2D eigenvalue weighted by Gasteiger charge is -2.22. The Balaban J connectivity index is 1.13. The molecule has 5 nitrogen and oxygen atoms in total. The van der Waals surface area contributed by atoms with E-state index in [1.165, 1.54) is 5.56 Å². The molecule has 0 spiro atoms. The highest BCUT2D eigenvalue weighted by Crippen LogP contribution is 2.23. The van der Waals surface area contributed by atoms with E-state index in [1.807, 2.05) is 30.3 Å². The van der Waals surface area contributed by atoms with E-state index < -0.39 is 0 Å². The van der Waals surface area contributed by atoms with Crippen molar-refractivity contribution in [3.63, 3.8) is 0 Å². The average molecular weight is 614 g/mol. The van der Waals surface area contributed by atoms with E-state index in [4.69, 9.17) is 9.72 Å². The molecule has 0 N–H and O–H groups in total. The minimum absolute atomic E-state index is 0.140. The molecule has 0 saturated carbocycles. The maximum absolute atomic E-state index is 14.4. The maximum atomic E-state index is 14.4. The van der Waals surface area contributed by atoms with Crippen molar-refractivity contribution in [3.8, 4) is 5.75 Å². The van der Waals surface area contributed by atoms with Crippen LogP contribution in [0.15, 0.2) is 102 Å². The smallest absolute Gasteiger partial charge is 0.127 e. The van der Waals surface area contributed by atoms with Crippen LogP contribution in [0.4, 0.5) is 4.39 Å². The predicted molar refractivity (Wildman–Crippen MR) is 165 cm³/mol. The first-order chi connectivity index (χ1) is 20.1. The van der Waals surface area contributed by atoms with Crippen LogP contribution >= 0.6 is 15.9 Å². The third-order valence-electron chi connectivity index (χ3n) is 7.69. The number of nitrogens with zero attached hydrogens (tertiary/aromatic N) is 4. The van der Waals surface area contributed by atoms with Crippen LogP contribution in [-0.2, 0) is 26.2 Å². The van der Waals surface area contributed by atoms with Crippen molar-refractivity contribution in [2.75, 3.05) is 26.2 Å². The fraction of sp³-hybridized carbons (Fsp3) is 0.265. The second-order valence-electron chi connectivity index (χ2n) is 10.7. The molecule has 1 saturated heterocycles. The van der Waals surface area contributed by atoms with Gasteiger partial charge in [-0.2, -0.15) is 0 Å². The Morgan fingerprint density at radius 3 is 2.27 bits per heavy atom. The van der Waals surface area contributed by atoms with Gasteiger partial charge in [-0.25, -0.2) is 9.37 Å². The van der Waals surface area contributed by atoms with Crippen molar-refractivity contribution in [3.05, 3.63) is 130 Å². The molecule has 1 aromatic heterocycles. The molecule has 7 heteroatoms. The first-order valence-electron chi connectivity index (χ1n) is 14.2. The van der Waals surface area contributed by atoms with Crippen LogP contribution < -0.4 is 4.74 Å². The highest BCUT2D eigenvalue weighted by Gasteiger charge is 2.20. The minimum atomic E-state index is -0.140. The highest BCUT2D eigenvalue weighted by atomic mass is 79.9. The number of hydrogen-bond acceptors (Lipinski definition) is 4. The van der Waals surface area contributed by atoms with Crippen LogP contribution in [0.2, 0.25) is 0 Å². The molecule has 0 unspecified atom stereocenters. The molecule has 210 valence electrons. The van der Waals surface area contributed by atoms with Gasteiger partial charge in [0.1, 0.15) is 24.0 Å². The SMILES string of the molecule is Fc1ccc(Br)cc1CN1CCCN(Cc2nc3ccccc3n2Cc2ccc(OCc3ccccc3)cc2)CC1. The van der Waals surface area contributed by atoms with E-state index in [1.54, 1.807) is 12.1 Å². The van der Waals surface area contributed by atoms with Gasteiger partial charge in [-0.3, -0.25) is 9.80 Å². The van der Waals surface area contributed by atoms with Crippen molar-refractivity contribution in [2.24, 2.45) is 0 Å². The van der Waals surface area contributed by atoms with Gasteiger partial charge >= 0.3 is 0 Å². The van der Waals surface area contributed by atoms with Crippen LogP contribution in [0, 0.1) is 5.82 Å². The van der Waals surface area contributed by atoms with Crippen molar-refractivity contribution in [1.82, 2.24) is 19.4 Å². The lowest BCUT2D eigenvalue weighted by Crippen LogP contribution is -2.31. The number of para-hydroxylation sites is 2. The van der Waals surface area contributed by atoms with Gasteiger partial charge in [0.2, 0.25) is 0 Å². The Labute approximate surface area is 249 Å². The molecular formula is C34H34BrFN4O. The number of rotatable bonds is 9. The number of ether oxygens (including phenoxy) is 1. The number of hydrogen-bond donors (Lipinski definition) is 0. The average Bonchev–Trinajstić information content (AvgIpc) is 3.17. The monoisotopic (exact) mass is 612 g/mol. The second-order valence-corrected chi connectivity index (χ2v) is 11.6. The molecule has 6 rings (SSSR count). The second kappa shape index (κ2) is 13.0. The molecule has 1 fully saturated rings. The van der Waals surface area contributed by atoms with E-state index in [0.29, 0.717) is 13.2 Å². The quantitative estimate of drug-likeness (QED) is 0.175. The molecule has 1 aliphatic heterocycles. The molecule has 4 aromatic carbocycles. The number of fused-ring (bicyclic) bond motifs is 1. The number of benzene rings is 4. The number of imidazole rings is 1. The largest absolute Gasteiger partial charge is 0.489 e. The summed E-state index contributed by atoms with van der Waals surface area (Å²) in [6, 6.07) is 32.2. The van der Waals surface area contributed by atoms with E-state index in [-0.39, 0.29) is 5.82 Å². The van der Waals surface area contributed by atoms with Crippen LogP contribution in [0.1, 0.15) is 28.9 Å². The molecule has 41 heavy (non-hydrogen) atoms. The molecule has 0 bridgehead atoms. The molecule has 1 aliphatic rings. The Hall–Kier alpha value is -3.52. The van der Waals surface area contributed by atoms with Gasteiger partial charge < -0.3 is 9.30 Å². The summed E-state index contributed by atoms with van der Waals surface area (Å²) in [6.45, 7) is 6.49. The van der Waals surface area contributed by atoms with Crippen LogP contribution in [0.3, 0.4) is 0 Å². The fourth-order valence-corrected chi connectivity index (χ4v) is 5.89. The van der Waals surface area contributed by atoms with Gasteiger partial charge in [0.25, 0.3) is 0 Å². The summed E-state index contributed by atoms with van der Waals surface area (Å²) in [6.07, 6.45) is 1.04. The predicted octanol–water partition coefficient (Wildman–Crippen LogP) is 7.27. The minimum Gasteiger partial charge on any atom is -0.489 e. The summed E-state index contributed by atoms with van der Waals surface area (Å²) in [5.74, 6) is 1.80. The van der Waals surface area contributed by atoms with Gasteiger partial charge in [-0.1, -0.05) is 70.5 Å². The first-order valence-corrected chi connectivity index (χ1v) is 15.0. The number of halogens is 2. The van der Waals surface area contributed by atoms with Crippen LogP contribution in [0.25, 0.3) is 11.0 Å². The topological polar surface area (TPSA) is 33.5 Å². The summed E-state index contributed by atoms with van der Waals surface area (Å²) in [5, 5.41) is 0. The van der Waals surface area contributed by atoms with Crippen molar-refractivity contribution in [1.29, 1.82) is 0 Å². The molecule has 0 amide bonds. The Kier molecular flexibility index (Phi) is 8.75. The van der Waals surface area contributed by atoms with E-state index in [2.05, 4.69) is 84.9 Å². The zero-order valence-corrected chi connectivity index (χ0v) is 24.6. The van der Waals surface area contributed by atoms with Gasteiger partial charge in [-0.05, 0) is 73.1 Å². The van der Waals surface area contributed by atoms with Crippen LogP contribution in [-0.4, -0.2) is 45.5 Å². The zero-order valence-electron chi connectivity index (χ0n) is 23.1. The first kappa shape index (κ1) is 27.6. The third-order valence-corrected chi connectivity index (χ3v) is 8.19. The van der Waals surface area contributed by atoms with E-state index in [0.717, 1.165) is 83.9 Å². The van der Waals surface area contributed by atoms with Gasteiger partial charge in [0.05, 0.1) is 17.6 Å². The third kappa shape index (κ3) is 7.04. The Bertz CT molecular complexity index is 1590. The van der Waals surface area contributed by atoms with Gasteiger partial charge in [0.15, 0.2) is 0 Å². The van der Waals surface area contributed by atoms with Crippen molar-refractivity contribution in [2.45, 2.75) is 32.7 Å². The number of aromatic nitrogens is 2. The van der Waals surface area contributed by atoms with Crippen LogP contribution in [0.5, 0.6) is 5.75 Å². The summed E-state index contributed by atoms with van der Waals surface area (Å²) in [4.78, 5) is 9.89. The maximum Gasteiger partial charge on any atom is 0.127 e. The van der Waals surface area contributed by atoms with Crippen molar-refractivity contribution < 1.29 is 9.13 Å². The highest BCUT2D eigenvalue weighted by molar-refractivity contribution is 9.10. The van der Waals surface area contributed by atoms with Crippen molar-refractivity contribution >= 4 is 27.0 Å². The lowest BCUT2D eigenvalue weighted by molar-refractivity contribution is 0.240. The molecule has 0 aliphatic carbocycles. The molecular weight excluding hydrogens is 579 g/mol. The van der Waals surface area contributed by atoms with Gasteiger partial charge in [0, 0.05) is 36.2 Å². The molecule has 2 heterocycles. The lowest BCUT2D eigenvalue weighted by atomic mass is 10.2. The summed E-state index contributed by atoms with van der Waals surface area (Å²) in [5.41, 5.74) is 5.27.